The van der Waals surface area contributed by atoms with Crippen LogP contribution in [0.2, 0.25) is 0 Å². The van der Waals surface area contributed by atoms with E-state index in [4.69, 9.17) is 0 Å². The van der Waals surface area contributed by atoms with E-state index in [1.54, 1.807) is 18.5 Å². The first-order valence-electron chi connectivity index (χ1n) is 8.71. The largest absolute Gasteiger partial charge is 0.356 e. The lowest BCUT2D eigenvalue weighted by atomic mass is 10.0. The molecule has 0 aliphatic carbocycles. The van der Waals surface area contributed by atoms with Gasteiger partial charge in [-0.05, 0) is 31.9 Å². The zero-order valence-electron chi connectivity index (χ0n) is 14.8. The van der Waals surface area contributed by atoms with Crippen LogP contribution in [0.1, 0.15) is 19.8 Å². The molecule has 1 fully saturated rings. The van der Waals surface area contributed by atoms with Gasteiger partial charge in [0.1, 0.15) is 12.1 Å². The Morgan fingerprint density at radius 1 is 1.20 bits per heavy atom. The summed E-state index contributed by atoms with van der Waals surface area (Å²) in [5, 5.41) is 1.09. The number of anilines is 1. The maximum absolute atomic E-state index is 12.2. The average Bonchev–Trinajstić information content (AvgIpc) is 2.67. The number of hydrogen-bond acceptors (Lipinski definition) is 4. The standard InChI is InChI=1S/C20H24N4O/c1-3-4-5-10-19(25)23(2)16-11-13-24(14-12-16)20-17-8-6-7-9-18(17)21-15-22-20/h3-10,15-16H,11-14H2,1-2H3/b4-3+,10-5+. The smallest absolute Gasteiger partial charge is 0.246 e. The lowest BCUT2D eigenvalue weighted by Gasteiger charge is -2.37. The molecule has 1 aromatic heterocycles. The molecule has 0 saturated carbocycles. The summed E-state index contributed by atoms with van der Waals surface area (Å²) in [6, 6.07) is 8.36. The second-order valence-electron chi connectivity index (χ2n) is 6.27. The molecular weight excluding hydrogens is 312 g/mol. The van der Waals surface area contributed by atoms with Gasteiger partial charge in [-0.2, -0.15) is 0 Å². The van der Waals surface area contributed by atoms with Crippen molar-refractivity contribution in [1.82, 2.24) is 14.9 Å². The molecule has 1 aliphatic heterocycles. The minimum absolute atomic E-state index is 0.0593. The number of para-hydroxylation sites is 1. The summed E-state index contributed by atoms with van der Waals surface area (Å²) in [7, 11) is 1.89. The highest BCUT2D eigenvalue weighted by Gasteiger charge is 2.25. The fraction of sp³-hybridized carbons (Fsp3) is 0.350. The molecule has 5 heteroatoms. The van der Waals surface area contributed by atoms with Gasteiger partial charge in [-0.15, -0.1) is 0 Å². The molecule has 0 N–H and O–H groups in total. The number of amides is 1. The average molecular weight is 336 g/mol. The maximum atomic E-state index is 12.2. The molecule has 1 amide bonds. The molecular formula is C20H24N4O. The number of fused-ring (bicyclic) bond motifs is 1. The number of likely N-dealkylation sites (N-methyl/N-ethyl adjacent to an activating group) is 1. The third-order valence-corrected chi connectivity index (χ3v) is 4.72. The molecule has 0 unspecified atom stereocenters. The Kier molecular flexibility index (Phi) is 5.43. The number of benzene rings is 1. The number of piperidine rings is 1. The Hall–Kier alpha value is -2.69. The van der Waals surface area contributed by atoms with Crippen molar-refractivity contribution in [2.75, 3.05) is 25.0 Å². The van der Waals surface area contributed by atoms with Gasteiger partial charge in [0.05, 0.1) is 5.52 Å². The zero-order valence-corrected chi connectivity index (χ0v) is 14.8. The van der Waals surface area contributed by atoms with Crippen LogP contribution in [0.25, 0.3) is 10.9 Å². The molecule has 130 valence electrons. The van der Waals surface area contributed by atoms with Gasteiger partial charge < -0.3 is 9.80 Å². The van der Waals surface area contributed by atoms with Crippen molar-refractivity contribution in [3.05, 3.63) is 54.9 Å². The number of hydrogen-bond donors (Lipinski definition) is 0. The van der Waals surface area contributed by atoms with E-state index in [-0.39, 0.29) is 11.9 Å². The third kappa shape index (κ3) is 3.87. The van der Waals surface area contributed by atoms with Gasteiger partial charge in [-0.25, -0.2) is 9.97 Å². The monoisotopic (exact) mass is 336 g/mol. The Balaban J connectivity index is 1.66. The van der Waals surface area contributed by atoms with Gasteiger partial charge in [-0.1, -0.05) is 30.4 Å². The second-order valence-corrected chi connectivity index (χ2v) is 6.27. The van der Waals surface area contributed by atoms with E-state index in [0.717, 1.165) is 42.7 Å². The van der Waals surface area contributed by atoms with Crippen molar-refractivity contribution in [2.45, 2.75) is 25.8 Å². The number of rotatable bonds is 4. The van der Waals surface area contributed by atoms with Crippen LogP contribution in [0.4, 0.5) is 5.82 Å². The fourth-order valence-electron chi connectivity index (χ4n) is 3.25. The molecule has 1 aromatic carbocycles. The van der Waals surface area contributed by atoms with Crippen molar-refractivity contribution < 1.29 is 4.79 Å². The first kappa shape index (κ1) is 17.1. The van der Waals surface area contributed by atoms with Crippen LogP contribution in [0.3, 0.4) is 0 Å². The van der Waals surface area contributed by atoms with Crippen LogP contribution in [0, 0.1) is 0 Å². The number of nitrogens with zero attached hydrogens (tertiary/aromatic N) is 4. The zero-order chi connectivity index (χ0) is 17.6. The van der Waals surface area contributed by atoms with Crippen LogP contribution in [-0.2, 0) is 4.79 Å². The summed E-state index contributed by atoms with van der Waals surface area (Å²) in [6.07, 6.45) is 10.7. The molecule has 1 aliphatic rings. The minimum Gasteiger partial charge on any atom is -0.356 e. The van der Waals surface area contributed by atoms with E-state index in [9.17, 15) is 4.79 Å². The number of allylic oxidation sites excluding steroid dienone is 3. The lowest BCUT2D eigenvalue weighted by molar-refractivity contribution is -0.127. The van der Waals surface area contributed by atoms with E-state index in [0.29, 0.717) is 0 Å². The summed E-state index contributed by atoms with van der Waals surface area (Å²) in [4.78, 5) is 25.2. The Morgan fingerprint density at radius 2 is 1.96 bits per heavy atom. The summed E-state index contributed by atoms with van der Waals surface area (Å²) in [5.41, 5.74) is 0.969. The van der Waals surface area contributed by atoms with E-state index in [2.05, 4.69) is 20.9 Å². The summed E-state index contributed by atoms with van der Waals surface area (Å²) >= 11 is 0. The fourth-order valence-corrected chi connectivity index (χ4v) is 3.25. The Bertz CT molecular complexity index is 786. The van der Waals surface area contributed by atoms with Gasteiger partial charge in [0.2, 0.25) is 5.91 Å². The van der Waals surface area contributed by atoms with Crippen LogP contribution in [0.15, 0.2) is 54.9 Å². The minimum atomic E-state index is 0.0593. The maximum Gasteiger partial charge on any atom is 0.246 e. The molecule has 0 bridgehead atoms. The summed E-state index contributed by atoms with van der Waals surface area (Å²) in [6.45, 7) is 3.72. The molecule has 2 aromatic rings. The second kappa shape index (κ2) is 7.92. The predicted molar refractivity (Wildman–Crippen MR) is 101 cm³/mol. The number of carbonyl (C=O) groups excluding carboxylic acids is 1. The van der Waals surface area contributed by atoms with E-state index < -0.39 is 0 Å². The van der Waals surface area contributed by atoms with Gasteiger partial charge >= 0.3 is 0 Å². The van der Waals surface area contributed by atoms with E-state index in [1.165, 1.54) is 0 Å². The number of aromatic nitrogens is 2. The lowest BCUT2D eigenvalue weighted by Crippen LogP contribution is -2.45. The highest BCUT2D eigenvalue weighted by atomic mass is 16.2. The van der Waals surface area contributed by atoms with Crippen LogP contribution < -0.4 is 4.90 Å². The van der Waals surface area contributed by atoms with Crippen molar-refractivity contribution in [3.63, 3.8) is 0 Å². The molecule has 3 rings (SSSR count). The topological polar surface area (TPSA) is 49.3 Å². The molecule has 2 heterocycles. The summed E-state index contributed by atoms with van der Waals surface area (Å²) < 4.78 is 0. The van der Waals surface area contributed by atoms with Gasteiger partial charge in [0.15, 0.2) is 0 Å². The summed E-state index contributed by atoms with van der Waals surface area (Å²) in [5.74, 6) is 1.05. The van der Waals surface area contributed by atoms with E-state index in [1.807, 2.05) is 49.2 Å². The van der Waals surface area contributed by atoms with Crippen molar-refractivity contribution in [2.24, 2.45) is 0 Å². The normalized spacial score (nSPS) is 16.2. The first-order valence-corrected chi connectivity index (χ1v) is 8.71. The van der Waals surface area contributed by atoms with Crippen LogP contribution >= 0.6 is 0 Å². The molecule has 1 saturated heterocycles. The van der Waals surface area contributed by atoms with Crippen LogP contribution in [-0.4, -0.2) is 47.0 Å². The van der Waals surface area contributed by atoms with Gasteiger partial charge in [0.25, 0.3) is 0 Å². The highest BCUT2D eigenvalue weighted by molar-refractivity contribution is 5.89. The molecule has 0 atom stereocenters. The van der Waals surface area contributed by atoms with Gasteiger partial charge in [0, 0.05) is 37.6 Å². The SMILES string of the molecule is C/C=C/C=C/C(=O)N(C)C1CCN(c2ncnc3ccccc23)CC1. The molecule has 5 nitrogen and oxygen atoms in total. The van der Waals surface area contributed by atoms with Gasteiger partial charge in [-0.3, -0.25) is 4.79 Å². The van der Waals surface area contributed by atoms with Crippen molar-refractivity contribution in [3.8, 4) is 0 Å². The van der Waals surface area contributed by atoms with Crippen molar-refractivity contribution in [1.29, 1.82) is 0 Å². The Labute approximate surface area is 148 Å². The molecule has 0 radical (unpaired) electrons. The molecule has 0 spiro atoms. The number of carbonyl (C=O) groups is 1. The quantitative estimate of drug-likeness (QED) is 0.635. The van der Waals surface area contributed by atoms with E-state index >= 15 is 0 Å². The predicted octanol–water partition coefficient (Wildman–Crippen LogP) is 3.19. The van der Waals surface area contributed by atoms with Crippen LogP contribution in [0.5, 0.6) is 0 Å². The molecule has 25 heavy (non-hydrogen) atoms. The Morgan fingerprint density at radius 3 is 2.72 bits per heavy atom. The third-order valence-electron chi connectivity index (χ3n) is 4.72. The highest BCUT2D eigenvalue weighted by Crippen LogP contribution is 2.26. The van der Waals surface area contributed by atoms with Crippen molar-refractivity contribution >= 4 is 22.6 Å². The first-order chi connectivity index (χ1) is 12.2.